The maximum Gasteiger partial charge on any atom is 0.164 e. The van der Waals surface area contributed by atoms with Crippen LogP contribution in [0.4, 0.5) is 0 Å². The van der Waals surface area contributed by atoms with Crippen molar-refractivity contribution in [3.05, 3.63) is 173 Å². The lowest BCUT2D eigenvalue weighted by Crippen LogP contribution is -2.59. The topological polar surface area (TPSA) is 47.9 Å². The van der Waals surface area contributed by atoms with Gasteiger partial charge in [0.15, 0.2) is 11.6 Å². The third kappa shape index (κ3) is 3.72. The van der Waals surface area contributed by atoms with Crippen LogP contribution in [0.1, 0.15) is 97.8 Å². The van der Waals surface area contributed by atoms with Crippen molar-refractivity contribution in [1.82, 2.24) is 15.0 Å². The molecule has 1 aromatic heterocycles. The number of hydrogen-bond acceptors (Lipinski definition) is 4. The minimum atomic E-state index is -0.529. The molecular weight excluding hydrogens is 779 g/mol. The molecule has 310 valence electrons. The first-order chi connectivity index (χ1) is 31.5. The van der Waals surface area contributed by atoms with E-state index in [-0.39, 0.29) is 5.41 Å². The summed E-state index contributed by atoms with van der Waals surface area (Å²) in [6.07, 6.45) is 13.8. The van der Waals surface area contributed by atoms with E-state index < -0.39 is 5.41 Å². The molecule has 3 spiro atoms. The van der Waals surface area contributed by atoms with E-state index in [0.717, 1.165) is 81.2 Å². The molecule has 6 aromatic carbocycles. The van der Waals surface area contributed by atoms with Gasteiger partial charge in [0.25, 0.3) is 0 Å². The molecule has 8 fully saturated rings. The molecule has 0 saturated heterocycles. The van der Waals surface area contributed by atoms with E-state index >= 15 is 0 Å². The molecule has 4 atom stereocenters. The van der Waals surface area contributed by atoms with Crippen LogP contribution in [-0.2, 0) is 16.2 Å². The summed E-state index contributed by atoms with van der Waals surface area (Å²) in [5.74, 6) is 10.2. The van der Waals surface area contributed by atoms with E-state index in [1.165, 1.54) is 103 Å². The highest BCUT2D eigenvalue weighted by molar-refractivity contribution is 5.99. The lowest BCUT2D eigenvalue weighted by atomic mass is 9.38. The minimum absolute atomic E-state index is 0.0477. The number of nitrogens with zero attached hydrogens (tertiary/aromatic N) is 3. The Hall–Kier alpha value is -5.87. The SMILES string of the molecule is c1ccc2c(c1)Oc1ccccc1C21c2ccccc2-c2c(-c3ccccc3-c3nc(-c4ccc(C56CC7CC8CC(C5)C87C6)cc4)nc(C45CC6C[C@H]7CC(C4)[C@@]67C5)n3)cccc21. The van der Waals surface area contributed by atoms with E-state index in [0.29, 0.717) is 16.2 Å². The zero-order valence-electron chi connectivity index (χ0n) is 36.1. The molecule has 0 radical (unpaired) electrons. The second-order valence-corrected chi connectivity index (χ2v) is 22.6. The van der Waals surface area contributed by atoms with Crippen LogP contribution < -0.4 is 4.74 Å². The Kier molecular flexibility index (Phi) is 6.01. The normalized spacial score (nSPS) is 35.4. The number of hydrogen-bond donors (Lipinski definition) is 0. The van der Waals surface area contributed by atoms with Crippen molar-refractivity contribution in [1.29, 1.82) is 0 Å². The van der Waals surface area contributed by atoms with Crippen molar-refractivity contribution in [2.24, 2.45) is 46.3 Å². The second-order valence-electron chi connectivity index (χ2n) is 22.6. The van der Waals surface area contributed by atoms with Crippen LogP contribution >= 0.6 is 0 Å². The molecule has 7 aromatic rings. The Morgan fingerprint density at radius 3 is 1.56 bits per heavy atom. The summed E-state index contributed by atoms with van der Waals surface area (Å²) in [5, 5.41) is 0. The van der Waals surface area contributed by atoms with Crippen molar-refractivity contribution >= 4 is 0 Å². The zero-order chi connectivity index (χ0) is 41.4. The smallest absolute Gasteiger partial charge is 0.164 e. The van der Waals surface area contributed by atoms with E-state index in [9.17, 15) is 0 Å². The van der Waals surface area contributed by atoms with Gasteiger partial charge in [-0.3, -0.25) is 0 Å². The largest absolute Gasteiger partial charge is 0.457 e. The standard InChI is InChI=1S/C60H49N3O/c1-2-11-44(42(10-1)43-13-9-17-49-52(43)45-12-3-4-14-46(45)60(49)47-15-5-7-18-50(47)64-51-19-8-6-16-48(51)60)54-61-53(62-55(63-54)57-30-40-26-37-27-41(31-57)59(37,40)33-57)34-20-22-35(23-21-34)56-28-38-24-36-25-39(29-56)58(36,38)32-56/h1-23,36-41H,24-33H2/t36?,37-,38?,39?,40?,41?,56?,57?,58?,59+. The first-order valence-electron chi connectivity index (χ1n) is 24.6. The highest BCUT2D eigenvalue weighted by Crippen LogP contribution is 2.85. The van der Waals surface area contributed by atoms with E-state index in [1.807, 2.05) is 0 Å². The molecule has 8 saturated carbocycles. The van der Waals surface area contributed by atoms with Crippen molar-refractivity contribution in [2.75, 3.05) is 0 Å². The van der Waals surface area contributed by atoms with Gasteiger partial charge < -0.3 is 4.74 Å². The molecule has 2 heterocycles. The molecular formula is C60H49N3O. The van der Waals surface area contributed by atoms with Crippen molar-refractivity contribution in [3.63, 3.8) is 0 Å². The highest BCUT2D eigenvalue weighted by atomic mass is 16.5. The predicted octanol–water partition coefficient (Wildman–Crippen LogP) is 13.5. The summed E-state index contributed by atoms with van der Waals surface area (Å²) in [4.78, 5) is 16.9. The maximum atomic E-state index is 6.67. The number of rotatable bonds is 5. The van der Waals surface area contributed by atoms with Crippen LogP contribution in [0.25, 0.3) is 45.0 Å². The van der Waals surface area contributed by atoms with Gasteiger partial charge in [0.1, 0.15) is 17.3 Å². The Morgan fingerprint density at radius 1 is 0.406 bits per heavy atom. The Bertz CT molecular complexity index is 3180. The van der Waals surface area contributed by atoms with Crippen LogP contribution in [0, 0.1) is 46.3 Å². The van der Waals surface area contributed by atoms with Gasteiger partial charge in [-0.05, 0) is 167 Å². The molecule has 4 bridgehead atoms. The molecule has 4 heteroatoms. The van der Waals surface area contributed by atoms with Gasteiger partial charge >= 0.3 is 0 Å². The first kappa shape index (κ1) is 34.5. The summed E-state index contributed by atoms with van der Waals surface area (Å²) in [7, 11) is 0. The molecule has 9 aliphatic carbocycles. The lowest BCUT2D eigenvalue weighted by molar-refractivity contribution is -0.175. The highest BCUT2D eigenvalue weighted by Gasteiger charge is 2.79. The average Bonchev–Trinajstić information content (AvgIpc) is 4.09. The summed E-state index contributed by atoms with van der Waals surface area (Å²) in [5.41, 5.74) is 14.8. The van der Waals surface area contributed by atoms with E-state index in [1.54, 1.807) is 5.56 Å². The van der Waals surface area contributed by atoms with Gasteiger partial charge in [-0.25, -0.2) is 15.0 Å². The fraction of sp³-hybridized carbons (Fsp3) is 0.350. The van der Waals surface area contributed by atoms with Gasteiger partial charge in [-0.1, -0.05) is 127 Å². The van der Waals surface area contributed by atoms with Crippen LogP contribution in [0.2, 0.25) is 0 Å². The molecule has 4 nitrogen and oxygen atoms in total. The van der Waals surface area contributed by atoms with Gasteiger partial charge in [-0.2, -0.15) is 0 Å². The first-order valence-corrected chi connectivity index (χ1v) is 24.6. The molecule has 64 heavy (non-hydrogen) atoms. The van der Waals surface area contributed by atoms with Crippen LogP contribution in [0.15, 0.2) is 140 Å². The quantitative estimate of drug-likeness (QED) is 0.173. The van der Waals surface area contributed by atoms with Gasteiger partial charge in [0, 0.05) is 27.7 Å². The van der Waals surface area contributed by atoms with Crippen molar-refractivity contribution in [2.45, 2.75) is 80.5 Å². The Morgan fingerprint density at radius 2 is 0.922 bits per heavy atom. The average molecular weight is 828 g/mol. The summed E-state index contributed by atoms with van der Waals surface area (Å²) >= 11 is 0. The fourth-order valence-corrected chi connectivity index (χ4v) is 18.6. The molecule has 0 N–H and O–H groups in total. The molecule has 1 aliphatic heterocycles. The molecule has 0 amide bonds. The number of ether oxygens (including phenoxy) is 1. The zero-order valence-corrected chi connectivity index (χ0v) is 36.1. The monoisotopic (exact) mass is 827 g/mol. The van der Waals surface area contributed by atoms with Gasteiger partial charge in [0.05, 0.1) is 5.41 Å². The summed E-state index contributed by atoms with van der Waals surface area (Å²) in [6.45, 7) is 0. The number of aromatic nitrogens is 3. The van der Waals surface area contributed by atoms with Gasteiger partial charge in [0.2, 0.25) is 0 Å². The van der Waals surface area contributed by atoms with Crippen LogP contribution in [-0.4, -0.2) is 15.0 Å². The predicted molar refractivity (Wildman–Crippen MR) is 249 cm³/mol. The lowest BCUT2D eigenvalue weighted by Gasteiger charge is -2.66. The molecule has 4 unspecified atom stereocenters. The number of benzene rings is 6. The van der Waals surface area contributed by atoms with Gasteiger partial charge in [-0.15, -0.1) is 0 Å². The molecule has 10 aliphatic rings. The number of fused-ring (bicyclic) bond motifs is 11. The van der Waals surface area contributed by atoms with E-state index in [2.05, 4.69) is 140 Å². The summed E-state index contributed by atoms with van der Waals surface area (Å²) in [6, 6.07) is 52.0. The minimum Gasteiger partial charge on any atom is -0.457 e. The maximum absolute atomic E-state index is 6.67. The molecule has 17 rings (SSSR count). The second kappa shape index (κ2) is 11.1. The Balaban J connectivity index is 0.849. The van der Waals surface area contributed by atoms with Crippen molar-refractivity contribution < 1.29 is 4.74 Å². The van der Waals surface area contributed by atoms with E-state index in [4.69, 9.17) is 19.7 Å². The number of para-hydroxylation sites is 2. The van der Waals surface area contributed by atoms with Crippen LogP contribution in [0.3, 0.4) is 0 Å². The van der Waals surface area contributed by atoms with Crippen molar-refractivity contribution in [3.8, 4) is 56.5 Å². The van der Waals surface area contributed by atoms with Crippen LogP contribution in [0.5, 0.6) is 11.5 Å². The fourth-order valence-electron chi connectivity index (χ4n) is 18.6. The summed E-state index contributed by atoms with van der Waals surface area (Å²) < 4.78 is 6.67. The Labute approximate surface area is 374 Å². The third-order valence-electron chi connectivity index (χ3n) is 20.9. The third-order valence-corrected chi connectivity index (χ3v) is 20.9.